The molecule has 0 amide bonds. The molecule has 4 rings (SSSR count). The fourth-order valence-electron chi connectivity index (χ4n) is 2.69. The van der Waals surface area contributed by atoms with Crippen LogP contribution in [0, 0.1) is 0 Å². The van der Waals surface area contributed by atoms with Gasteiger partial charge in [-0.05, 0) is 34.1 Å². The Bertz CT molecular complexity index is 1250. The predicted octanol–water partition coefficient (Wildman–Crippen LogP) is 3.85. The van der Waals surface area contributed by atoms with E-state index in [0.29, 0.717) is 31.8 Å². The third-order valence-electron chi connectivity index (χ3n) is 3.70. The molecule has 25 heavy (non-hydrogen) atoms. The lowest BCUT2D eigenvalue weighted by Crippen LogP contribution is -2.20. The molecular formula is C17H9Br2N3O3. The zero-order valence-corrected chi connectivity index (χ0v) is 16.0. The molecule has 6 nitrogen and oxygen atoms in total. The zero-order chi connectivity index (χ0) is 17.7. The van der Waals surface area contributed by atoms with Crippen molar-refractivity contribution in [2.75, 3.05) is 0 Å². The highest BCUT2D eigenvalue weighted by molar-refractivity contribution is 9.11. The van der Waals surface area contributed by atoms with Gasteiger partial charge in [-0.15, -0.1) is 5.10 Å². The van der Waals surface area contributed by atoms with Crippen LogP contribution >= 0.6 is 31.9 Å². The van der Waals surface area contributed by atoms with Gasteiger partial charge in [0.15, 0.2) is 5.65 Å². The molecule has 0 unspecified atom stereocenters. The molecule has 124 valence electrons. The first-order valence-electron chi connectivity index (χ1n) is 7.24. The third kappa shape index (κ3) is 2.61. The van der Waals surface area contributed by atoms with E-state index < -0.39 is 5.97 Å². The molecule has 0 atom stereocenters. The van der Waals surface area contributed by atoms with Gasteiger partial charge in [0.25, 0.3) is 5.56 Å². The highest BCUT2D eigenvalue weighted by Gasteiger charge is 2.16. The van der Waals surface area contributed by atoms with Crippen LogP contribution in [0.25, 0.3) is 27.3 Å². The maximum Gasteiger partial charge on any atom is 0.309 e. The van der Waals surface area contributed by atoms with E-state index in [2.05, 4.69) is 41.9 Å². The number of carbonyl (C=O) groups excluding carboxylic acids is 1. The molecule has 0 aliphatic heterocycles. The molecule has 0 aliphatic carbocycles. The highest BCUT2D eigenvalue weighted by atomic mass is 79.9. The Morgan fingerprint density at radius 3 is 2.56 bits per heavy atom. The summed E-state index contributed by atoms with van der Waals surface area (Å²) < 4.78 is 7.80. The van der Waals surface area contributed by atoms with Crippen LogP contribution in [0.5, 0.6) is 5.88 Å². The summed E-state index contributed by atoms with van der Waals surface area (Å²) in [5, 5.41) is 5.90. The SMILES string of the molecule is CC(=O)Oc1nn2c(=O)c3cc(Br)cc(Br)c3nc2c2ccccc12. The summed E-state index contributed by atoms with van der Waals surface area (Å²) in [4.78, 5) is 29.0. The summed E-state index contributed by atoms with van der Waals surface area (Å²) in [6.07, 6.45) is 0. The van der Waals surface area contributed by atoms with Crippen LogP contribution in [0.4, 0.5) is 0 Å². The molecule has 0 fully saturated rings. The van der Waals surface area contributed by atoms with Gasteiger partial charge in [0.2, 0.25) is 5.88 Å². The summed E-state index contributed by atoms with van der Waals surface area (Å²) in [7, 11) is 0. The molecule has 0 aliphatic rings. The van der Waals surface area contributed by atoms with Gasteiger partial charge >= 0.3 is 5.97 Å². The van der Waals surface area contributed by atoms with Crippen molar-refractivity contribution >= 4 is 65.2 Å². The number of nitrogens with zero attached hydrogens (tertiary/aromatic N) is 3. The Morgan fingerprint density at radius 2 is 1.84 bits per heavy atom. The molecule has 2 aromatic heterocycles. The number of hydrogen-bond donors (Lipinski definition) is 0. The highest BCUT2D eigenvalue weighted by Crippen LogP contribution is 2.29. The molecule has 0 spiro atoms. The quantitative estimate of drug-likeness (QED) is 0.244. The van der Waals surface area contributed by atoms with Crippen molar-refractivity contribution in [1.29, 1.82) is 0 Å². The van der Waals surface area contributed by atoms with Crippen molar-refractivity contribution < 1.29 is 9.53 Å². The summed E-state index contributed by atoms with van der Waals surface area (Å²) >= 11 is 6.82. The molecule has 8 heteroatoms. The molecule has 2 heterocycles. The number of benzene rings is 2. The van der Waals surface area contributed by atoms with Crippen molar-refractivity contribution in [3.8, 4) is 5.88 Å². The van der Waals surface area contributed by atoms with Crippen molar-refractivity contribution in [1.82, 2.24) is 14.6 Å². The lowest BCUT2D eigenvalue weighted by atomic mass is 10.2. The second-order valence-electron chi connectivity index (χ2n) is 5.38. The maximum atomic E-state index is 13.0. The van der Waals surface area contributed by atoms with E-state index in [1.807, 2.05) is 18.2 Å². The van der Waals surface area contributed by atoms with Crippen molar-refractivity contribution in [2.24, 2.45) is 0 Å². The van der Waals surface area contributed by atoms with E-state index in [9.17, 15) is 9.59 Å². The fraction of sp³-hybridized carbons (Fsp3) is 0.0588. The van der Waals surface area contributed by atoms with Gasteiger partial charge in [0.1, 0.15) is 0 Å². The second-order valence-corrected chi connectivity index (χ2v) is 7.15. The van der Waals surface area contributed by atoms with E-state index in [1.54, 1.807) is 18.2 Å². The molecule has 0 saturated carbocycles. The zero-order valence-electron chi connectivity index (χ0n) is 12.8. The topological polar surface area (TPSA) is 73.6 Å². The van der Waals surface area contributed by atoms with Gasteiger partial charge in [-0.1, -0.05) is 34.1 Å². The molecule has 0 bridgehead atoms. The average molecular weight is 463 g/mol. The summed E-state index contributed by atoms with van der Waals surface area (Å²) in [5.41, 5.74) is 0.591. The number of rotatable bonds is 1. The number of hydrogen-bond acceptors (Lipinski definition) is 5. The number of esters is 1. The van der Waals surface area contributed by atoms with Crippen molar-refractivity contribution in [2.45, 2.75) is 6.92 Å². The van der Waals surface area contributed by atoms with Gasteiger partial charge in [-0.2, -0.15) is 4.52 Å². The van der Waals surface area contributed by atoms with Crippen LogP contribution in [0.3, 0.4) is 0 Å². The van der Waals surface area contributed by atoms with E-state index in [1.165, 1.54) is 11.4 Å². The van der Waals surface area contributed by atoms with Crippen molar-refractivity contribution in [3.05, 3.63) is 55.7 Å². The van der Waals surface area contributed by atoms with E-state index in [0.717, 1.165) is 4.47 Å². The number of aromatic nitrogens is 3. The van der Waals surface area contributed by atoms with E-state index >= 15 is 0 Å². The Labute approximate surface area is 157 Å². The third-order valence-corrected chi connectivity index (χ3v) is 4.76. The number of ether oxygens (including phenoxy) is 1. The Morgan fingerprint density at radius 1 is 1.12 bits per heavy atom. The Balaban J connectivity index is 2.25. The number of fused-ring (bicyclic) bond motifs is 4. The minimum absolute atomic E-state index is 0.0768. The van der Waals surface area contributed by atoms with Gasteiger partial charge < -0.3 is 4.74 Å². The first-order chi connectivity index (χ1) is 12.0. The second kappa shape index (κ2) is 5.89. The summed E-state index contributed by atoms with van der Waals surface area (Å²) in [6, 6.07) is 10.7. The van der Waals surface area contributed by atoms with Crippen molar-refractivity contribution in [3.63, 3.8) is 0 Å². The average Bonchev–Trinajstić information content (AvgIpc) is 2.56. The van der Waals surface area contributed by atoms with Gasteiger partial charge in [-0.25, -0.2) is 4.98 Å². The minimum atomic E-state index is -0.510. The predicted molar refractivity (Wildman–Crippen MR) is 101 cm³/mol. The monoisotopic (exact) mass is 461 g/mol. The smallest absolute Gasteiger partial charge is 0.309 e. The molecule has 4 aromatic rings. The largest absolute Gasteiger partial charge is 0.405 e. The first kappa shape index (κ1) is 16.2. The van der Waals surface area contributed by atoms with Crippen LogP contribution in [-0.4, -0.2) is 20.6 Å². The minimum Gasteiger partial charge on any atom is -0.405 e. The first-order valence-corrected chi connectivity index (χ1v) is 8.83. The standard InChI is InChI=1S/C17H9Br2N3O3/c1-8(23)25-16-11-5-3-2-4-10(11)15-20-14-12(17(24)22(15)21-16)6-9(18)7-13(14)19/h2-7H,1H3. The van der Waals surface area contributed by atoms with Gasteiger partial charge in [-0.3, -0.25) is 9.59 Å². The lowest BCUT2D eigenvalue weighted by Gasteiger charge is -2.10. The van der Waals surface area contributed by atoms with Gasteiger partial charge in [0.05, 0.1) is 10.9 Å². The van der Waals surface area contributed by atoms with Crippen LogP contribution in [-0.2, 0) is 4.79 Å². The van der Waals surface area contributed by atoms with E-state index in [-0.39, 0.29) is 11.4 Å². The normalized spacial score (nSPS) is 11.3. The van der Waals surface area contributed by atoms with Crippen LogP contribution in [0.15, 0.2) is 50.1 Å². The van der Waals surface area contributed by atoms with Gasteiger partial charge in [0, 0.05) is 26.6 Å². The Hall–Kier alpha value is -2.32. The van der Waals surface area contributed by atoms with Crippen LogP contribution < -0.4 is 10.3 Å². The molecule has 2 aromatic carbocycles. The van der Waals surface area contributed by atoms with Crippen LogP contribution in [0.2, 0.25) is 0 Å². The maximum absolute atomic E-state index is 13.0. The molecular weight excluding hydrogens is 454 g/mol. The molecule has 0 N–H and O–H groups in total. The number of halogens is 2. The molecule has 0 saturated heterocycles. The lowest BCUT2D eigenvalue weighted by molar-refractivity contribution is -0.132. The van der Waals surface area contributed by atoms with Crippen LogP contribution in [0.1, 0.15) is 6.92 Å². The number of carbonyl (C=O) groups is 1. The molecule has 0 radical (unpaired) electrons. The summed E-state index contributed by atoms with van der Waals surface area (Å²) in [6.45, 7) is 1.29. The fourth-order valence-corrected chi connectivity index (χ4v) is 4.01. The van der Waals surface area contributed by atoms with E-state index in [4.69, 9.17) is 4.74 Å². The Kier molecular flexibility index (Phi) is 3.81. The summed E-state index contributed by atoms with van der Waals surface area (Å²) in [5.74, 6) is -0.433.